The maximum Gasteiger partial charge on any atom is 0.317 e. The fourth-order valence-corrected chi connectivity index (χ4v) is 6.04. The van der Waals surface area contributed by atoms with E-state index in [1.54, 1.807) is 13.1 Å². The zero-order valence-corrected chi connectivity index (χ0v) is 22.8. The maximum atomic E-state index is 16.7. The number of benzene rings is 1. The molecule has 5 rings (SSSR count). The lowest BCUT2D eigenvalue weighted by atomic mass is 9.85. The third-order valence-corrected chi connectivity index (χ3v) is 8.89. The first-order valence-corrected chi connectivity index (χ1v) is 13.7. The Labute approximate surface area is 224 Å². The van der Waals surface area contributed by atoms with Gasteiger partial charge < -0.3 is 15.2 Å². The standard InChI is InChI=1S/C29H30F2N4O2S/c1-5-15(4)21(23-16(10-32)27(33)38-26(23)20(30)6-2)22-19-13-36-12-18(19)17-11-34-28(35-25(17)24(22)31)37-14-29(7-3)8-9-29/h6,11H,5,7-9,12-14,33H2,1-4H3/b20-6+,21-15+. The molecule has 0 radical (unpaired) electrons. The summed E-state index contributed by atoms with van der Waals surface area (Å²) < 4.78 is 43.5. The number of allylic oxidation sites excluding steroid dienone is 2. The summed E-state index contributed by atoms with van der Waals surface area (Å²) in [5.74, 6) is -1.09. The summed E-state index contributed by atoms with van der Waals surface area (Å²) in [4.78, 5) is 9.08. The summed E-state index contributed by atoms with van der Waals surface area (Å²) in [6, 6.07) is 2.25. The molecule has 2 aliphatic rings. The van der Waals surface area contributed by atoms with Crippen LogP contribution in [0.15, 0.2) is 17.8 Å². The predicted octanol–water partition coefficient (Wildman–Crippen LogP) is 7.45. The number of ether oxygens (including phenoxy) is 2. The topological polar surface area (TPSA) is 94.1 Å². The largest absolute Gasteiger partial charge is 0.463 e. The minimum atomic E-state index is -0.573. The summed E-state index contributed by atoms with van der Waals surface area (Å²) >= 11 is 0.990. The van der Waals surface area contributed by atoms with Crippen molar-refractivity contribution in [3.63, 3.8) is 0 Å². The van der Waals surface area contributed by atoms with E-state index >= 15 is 8.78 Å². The van der Waals surface area contributed by atoms with Gasteiger partial charge in [-0.2, -0.15) is 10.2 Å². The number of rotatable bonds is 8. The second-order valence-corrected chi connectivity index (χ2v) is 11.1. The van der Waals surface area contributed by atoms with E-state index in [-0.39, 0.29) is 51.2 Å². The summed E-state index contributed by atoms with van der Waals surface area (Å²) in [6.07, 6.45) is 6.66. The van der Waals surface area contributed by atoms with E-state index < -0.39 is 11.6 Å². The Morgan fingerprint density at radius 2 is 2.03 bits per heavy atom. The van der Waals surface area contributed by atoms with Gasteiger partial charge >= 0.3 is 6.01 Å². The lowest BCUT2D eigenvalue weighted by Crippen LogP contribution is -2.13. The van der Waals surface area contributed by atoms with Crippen LogP contribution in [0.25, 0.3) is 22.3 Å². The SMILES string of the molecule is C/C=C(/F)c1sc(N)c(C#N)c1/C(=C(\C)CC)c1c2c(c3cnc(OCC4(CC)CC4)nc3c1F)COC2. The van der Waals surface area contributed by atoms with Crippen LogP contribution in [0.3, 0.4) is 0 Å². The summed E-state index contributed by atoms with van der Waals surface area (Å²) in [5.41, 5.74) is 9.83. The molecule has 2 aromatic heterocycles. The number of nitriles is 1. The molecule has 9 heteroatoms. The average Bonchev–Trinajstić information content (AvgIpc) is 3.42. The first kappa shape index (κ1) is 26.3. The second kappa shape index (κ2) is 10.1. The first-order chi connectivity index (χ1) is 18.3. The highest BCUT2D eigenvalue weighted by Crippen LogP contribution is 2.49. The van der Waals surface area contributed by atoms with Crippen molar-refractivity contribution in [3.8, 4) is 12.1 Å². The van der Waals surface area contributed by atoms with Gasteiger partial charge in [-0.1, -0.05) is 25.5 Å². The fourth-order valence-electron chi connectivity index (χ4n) is 5.05. The minimum Gasteiger partial charge on any atom is -0.463 e. The molecule has 0 spiro atoms. The van der Waals surface area contributed by atoms with Gasteiger partial charge in [0.2, 0.25) is 0 Å². The summed E-state index contributed by atoms with van der Waals surface area (Å²) in [5, 5.41) is 10.7. The van der Waals surface area contributed by atoms with Crippen molar-refractivity contribution in [1.29, 1.82) is 5.26 Å². The molecule has 0 unspecified atom stereocenters. The van der Waals surface area contributed by atoms with Crippen molar-refractivity contribution >= 4 is 38.6 Å². The molecule has 0 bridgehead atoms. The first-order valence-electron chi connectivity index (χ1n) is 12.8. The van der Waals surface area contributed by atoms with Crippen LogP contribution >= 0.6 is 11.3 Å². The van der Waals surface area contributed by atoms with Crippen LogP contribution in [-0.2, 0) is 18.0 Å². The molecule has 0 atom stereocenters. The molecule has 3 aromatic rings. The Morgan fingerprint density at radius 1 is 1.29 bits per heavy atom. The Bertz CT molecular complexity index is 1550. The van der Waals surface area contributed by atoms with Gasteiger partial charge in [0, 0.05) is 28.1 Å². The van der Waals surface area contributed by atoms with E-state index in [2.05, 4.69) is 23.0 Å². The Hall–Kier alpha value is -3.35. The summed E-state index contributed by atoms with van der Waals surface area (Å²) in [7, 11) is 0. The van der Waals surface area contributed by atoms with Gasteiger partial charge in [0.05, 0.1) is 30.3 Å². The quantitative estimate of drug-likeness (QED) is 0.321. The smallest absolute Gasteiger partial charge is 0.317 e. The van der Waals surface area contributed by atoms with Crippen LogP contribution < -0.4 is 10.5 Å². The van der Waals surface area contributed by atoms with Gasteiger partial charge in [0.1, 0.15) is 22.4 Å². The molecule has 0 amide bonds. The number of nitrogens with zero attached hydrogens (tertiary/aromatic N) is 3. The zero-order chi connectivity index (χ0) is 27.2. The monoisotopic (exact) mass is 536 g/mol. The molecule has 1 aliphatic carbocycles. The molecule has 6 nitrogen and oxygen atoms in total. The number of thiophene rings is 1. The highest BCUT2D eigenvalue weighted by Gasteiger charge is 2.42. The van der Waals surface area contributed by atoms with Crippen molar-refractivity contribution in [3.05, 3.63) is 56.4 Å². The Balaban J connectivity index is 1.77. The van der Waals surface area contributed by atoms with Crippen LogP contribution in [0, 0.1) is 22.6 Å². The highest BCUT2D eigenvalue weighted by molar-refractivity contribution is 7.17. The van der Waals surface area contributed by atoms with E-state index in [1.807, 2.05) is 13.8 Å². The van der Waals surface area contributed by atoms with Gasteiger partial charge in [-0.05, 0) is 56.2 Å². The van der Waals surface area contributed by atoms with E-state index in [4.69, 9.17) is 15.2 Å². The van der Waals surface area contributed by atoms with Crippen molar-refractivity contribution in [2.45, 2.75) is 66.6 Å². The fraction of sp³-hybridized carbons (Fsp3) is 0.414. The lowest BCUT2D eigenvalue weighted by molar-refractivity contribution is 0.134. The number of fused-ring (bicyclic) bond motifs is 3. The number of halogens is 2. The van der Waals surface area contributed by atoms with Gasteiger partial charge in [-0.3, -0.25) is 0 Å². The van der Waals surface area contributed by atoms with E-state index in [1.165, 1.54) is 6.08 Å². The maximum absolute atomic E-state index is 16.7. The highest BCUT2D eigenvalue weighted by atomic mass is 32.1. The molecular weight excluding hydrogens is 506 g/mol. The Morgan fingerprint density at radius 3 is 2.66 bits per heavy atom. The van der Waals surface area contributed by atoms with Crippen LogP contribution in [-0.4, -0.2) is 16.6 Å². The number of hydrogen-bond acceptors (Lipinski definition) is 7. The molecule has 38 heavy (non-hydrogen) atoms. The van der Waals surface area contributed by atoms with Crippen LogP contribution in [0.2, 0.25) is 0 Å². The van der Waals surface area contributed by atoms with Gasteiger partial charge in [0.15, 0.2) is 5.82 Å². The molecule has 1 fully saturated rings. The van der Waals surface area contributed by atoms with Crippen LogP contribution in [0.1, 0.15) is 86.1 Å². The average molecular weight is 537 g/mol. The number of anilines is 1. The normalized spacial score (nSPS) is 16.8. The van der Waals surface area contributed by atoms with E-state index in [0.717, 1.165) is 41.7 Å². The van der Waals surface area contributed by atoms with E-state index in [9.17, 15) is 5.26 Å². The summed E-state index contributed by atoms with van der Waals surface area (Å²) in [6.45, 7) is 8.45. The Kier molecular flexibility index (Phi) is 6.97. The van der Waals surface area contributed by atoms with E-state index in [0.29, 0.717) is 35.1 Å². The van der Waals surface area contributed by atoms with Crippen molar-refractivity contribution < 1.29 is 18.3 Å². The van der Waals surface area contributed by atoms with Gasteiger partial charge in [-0.25, -0.2) is 13.8 Å². The molecule has 1 aliphatic heterocycles. The van der Waals surface area contributed by atoms with Gasteiger partial charge in [0.25, 0.3) is 0 Å². The molecule has 3 heterocycles. The predicted molar refractivity (Wildman–Crippen MR) is 146 cm³/mol. The number of aromatic nitrogens is 2. The molecule has 0 saturated heterocycles. The molecule has 2 N–H and O–H groups in total. The molecule has 1 saturated carbocycles. The van der Waals surface area contributed by atoms with Crippen molar-refractivity contribution in [2.24, 2.45) is 5.41 Å². The number of nitrogens with two attached hydrogens (primary N) is 1. The molecular formula is C29H30F2N4O2S. The second-order valence-electron chi connectivity index (χ2n) is 10.00. The zero-order valence-electron chi connectivity index (χ0n) is 22.0. The van der Waals surface area contributed by atoms with Crippen molar-refractivity contribution in [1.82, 2.24) is 9.97 Å². The third-order valence-electron chi connectivity index (χ3n) is 7.87. The lowest BCUT2D eigenvalue weighted by Gasteiger charge is -2.19. The van der Waals surface area contributed by atoms with Crippen molar-refractivity contribution in [2.75, 3.05) is 12.3 Å². The molecule has 198 valence electrons. The minimum absolute atomic E-state index is 0.117. The number of hydrogen-bond donors (Lipinski definition) is 1. The van der Waals surface area contributed by atoms with Crippen LogP contribution in [0.4, 0.5) is 13.8 Å². The molecule has 1 aromatic carbocycles. The third kappa shape index (κ3) is 4.26. The van der Waals surface area contributed by atoms with Crippen LogP contribution in [0.5, 0.6) is 6.01 Å². The number of nitrogen functional groups attached to an aromatic ring is 1. The van der Waals surface area contributed by atoms with Gasteiger partial charge in [-0.15, -0.1) is 11.3 Å².